The van der Waals surface area contributed by atoms with Gasteiger partial charge in [0.1, 0.15) is 5.60 Å². The predicted molar refractivity (Wildman–Crippen MR) is 114 cm³/mol. The zero-order valence-electron chi connectivity index (χ0n) is 17.7. The fourth-order valence-corrected chi connectivity index (χ4v) is 5.55. The van der Waals surface area contributed by atoms with Crippen LogP contribution in [-0.2, 0) is 0 Å². The molecule has 0 aromatic carbocycles. The Hall–Kier alpha value is -1.08. The number of aliphatic hydroxyl groups excluding tert-OH is 2. The molecule has 0 amide bonds. The monoisotopic (exact) mass is 386 g/mol. The van der Waals surface area contributed by atoms with Crippen LogP contribution in [0.25, 0.3) is 0 Å². The van der Waals surface area contributed by atoms with Crippen molar-refractivity contribution in [1.29, 1.82) is 0 Å². The van der Waals surface area contributed by atoms with Crippen LogP contribution in [-0.4, -0.2) is 33.1 Å². The van der Waals surface area contributed by atoms with Gasteiger partial charge < -0.3 is 15.3 Å². The molecule has 3 N–H and O–H groups in total. The topological polar surface area (TPSA) is 60.7 Å². The van der Waals surface area contributed by atoms with Crippen molar-refractivity contribution in [1.82, 2.24) is 0 Å². The number of allylic oxidation sites excluding steroid dienone is 3. The Morgan fingerprint density at radius 1 is 1.11 bits per heavy atom. The standard InChI is InChI=1S/C25H38O3/c1-24(2,28)11-4-3-6-20-10-13-25(18-20)12-5-7-19(17-25)8-9-21-14-22(26)16-23(27)15-21/h8-9,20,22-23,26-28H,3,5-7,10,12-18H2,1-2H3/b19-8+/t20-,22-,23-,25-/m1/s1. The Balaban J connectivity index is 1.53. The van der Waals surface area contributed by atoms with Gasteiger partial charge in [-0.2, -0.15) is 0 Å². The predicted octanol–water partition coefficient (Wildman–Crippen LogP) is 4.66. The maximum atomic E-state index is 9.87. The maximum Gasteiger partial charge on any atom is 0.119 e. The summed E-state index contributed by atoms with van der Waals surface area (Å²) in [6.07, 6.45) is 16.7. The molecule has 4 atom stereocenters. The normalized spacial score (nSPS) is 35.1. The van der Waals surface area contributed by atoms with E-state index in [1.807, 2.05) is 0 Å². The second-order valence-corrected chi connectivity index (χ2v) is 10.1. The van der Waals surface area contributed by atoms with Crippen LogP contribution in [0, 0.1) is 23.2 Å². The van der Waals surface area contributed by atoms with Crippen LogP contribution in [0.15, 0.2) is 23.3 Å². The summed E-state index contributed by atoms with van der Waals surface area (Å²) in [5, 5.41) is 29.4. The minimum Gasteiger partial charge on any atom is -0.393 e. The highest BCUT2D eigenvalue weighted by atomic mass is 16.3. The molecule has 3 aliphatic carbocycles. The lowest BCUT2D eigenvalue weighted by Crippen LogP contribution is -2.24. The van der Waals surface area contributed by atoms with Crippen LogP contribution in [0.4, 0.5) is 0 Å². The molecule has 156 valence electrons. The largest absolute Gasteiger partial charge is 0.393 e. The van der Waals surface area contributed by atoms with Crippen molar-refractivity contribution in [2.75, 3.05) is 0 Å². The molecule has 1 spiro atoms. The summed E-state index contributed by atoms with van der Waals surface area (Å²) in [5.74, 6) is 6.86. The Labute approximate surface area is 170 Å². The van der Waals surface area contributed by atoms with Gasteiger partial charge >= 0.3 is 0 Å². The average Bonchev–Trinajstić information content (AvgIpc) is 2.98. The van der Waals surface area contributed by atoms with Crippen LogP contribution in [0.1, 0.15) is 90.9 Å². The van der Waals surface area contributed by atoms with Crippen LogP contribution >= 0.6 is 0 Å². The first-order valence-electron chi connectivity index (χ1n) is 11.2. The molecule has 0 saturated heterocycles. The van der Waals surface area contributed by atoms with Gasteiger partial charge in [-0.25, -0.2) is 0 Å². The first kappa shape index (κ1) is 21.6. The van der Waals surface area contributed by atoms with E-state index in [-0.39, 0.29) is 12.2 Å². The molecule has 3 rings (SSSR count). The molecule has 3 aliphatic rings. The van der Waals surface area contributed by atoms with E-state index in [0.29, 0.717) is 24.7 Å². The average molecular weight is 387 g/mol. The third-order valence-corrected chi connectivity index (χ3v) is 6.78. The summed E-state index contributed by atoms with van der Waals surface area (Å²) in [4.78, 5) is 0. The van der Waals surface area contributed by atoms with Gasteiger partial charge in [0.2, 0.25) is 0 Å². The molecule has 0 aliphatic heterocycles. The van der Waals surface area contributed by atoms with Crippen molar-refractivity contribution in [3.63, 3.8) is 0 Å². The van der Waals surface area contributed by atoms with E-state index in [1.54, 1.807) is 19.4 Å². The highest BCUT2D eigenvalue weighted by Gasteiger charge is 2.40. The molecule has 3 nitrogen and oxygen atoms in total. The zero-order chi connectivity index (χ0) is 20.2. The Kier molecular flexibility index (Phi) is 7.07. The van der Waals surface area contributed by atoms with Crippen LogP contribution in [0.3, 0.4) is 0 Å². The lowest BCUT2D eigenvalue weighted by Gasteiger charge is -2.35. The van der Waals surface area contributed by atoms with Gasteiger partial charge in [-0.1, -0.05) is 29.2 Å². The van der Waals surface area contributed by atoms with Crippen molar-refractivity contribution < 1.29 is 15.3 Å². The quantitative estimate of drug-likeness (QED) is 0.618. The summed E-state index contributed by atoms with van der Waals surface area (Å²) in [7, 11) is 0. The van der Waals surface area contributed by atoms with Gasteiger partial charge in [0, 0.05) is 6.42 Å². The van der Waals surface area contributed by atoms with Gasteiger partial charge in [-0.05, 0) is 95.8 Å². The molecule has 0 aromatic rings. The van der Waals surface area contributed by atoms with Crippen LogP contribution in [0.2, 0.25) is 0 Å². The van der Waals surface area contributed by atoms with Crippen molar-refractivity contribution in [2.24, 2.45) is 11.3 Å². The summed E-state index contributed by atoms with van der Waals surface area (Å²) >= 11 is 0. The highest BCUT2D eigenvalue weighted by molar-refractivity contribution is 5.23. The summed E-state index contributed by atoms with van der Waals surface area (Å²) in [5.41, 5.74) is 2.35. The summed E-state index contributed by atoms with van der Waals surface area (Å²) in [6.45, 7) is 3.48. The Bertz CT molecular complexity index is 646. The minimum absolute atomic E-state index is 0.388. The first-order chi connectivity index (χ1) is 13.2. The van der Waals surface area contributed by atoms with Gasteiger partial charge in [-0.3, -0.25) is 0 Å². The van der Waals surface area contributed by atoms with Gasteiger partial charge in [-0.15, -0.1) is 5.92 Å². The van der Waals surface area contributed by atoms with E-state index >= 15 is 0 Å². The van der Waals surface area contributed by atoms with E-state index < -0.39 is 5.60 Å². The van der Waals surface area contributed by atoms with E-state index in [1.165, 1.54) is 50.5 Å². The molecule has 28 heavy (non-hydrogen) atoms. The van der Waals surface area contributed by atoms with Gasteiger partial charge in [0.15, 0.2) is 0 Å². The second-order valence-electron chi connectivity index (χ2n) is 10.1. The van der Waals surface area contributed by atoms with Crippen molar-refractivity contribution in [3.05, 3.63) is 23.3 Å². The number of aliphatic hydroxyl groups is 3. The molecule has 3 heteroatoms. The molecule has 0 radical (unpaired) electrons. The van der Waals surface area contributed by atoms with Crippen LogP contribution < -0.4 is 0 Å². The van der Waals surface area contributed by atoms with E-state index in [9.17, 15) is 15.3 Å². The third-order valence-electron chi connectivity index (χ3n) is 6.78. The second kappa shape index (κ2) is 9.16. The molecule has 3 saturated carbocycles. The van der Waals surface area contributed by atoms with E-state index in [4.69, 9.17) is 0 Å². The lowest BCUT2D eigenvalue weighted by molar-refractivity contribution is 0.0609. The first-order valence-corrected chi connectivity index (χ1v) is 11.2. The molecule has 3 fully saturated rings. The van der Waals surface area contributed by atoms with Crippen molar-refractivity contribution in [2.45, 2.75) is 109 Å². The summed E-state index contributed by atoms with van der Waals surface area (Å²) in [6, 6.07) is 0. The van der Waals surface area contributed by atoms with E-state index in [0.717, 1.165) is 18.8 Å². The molecular formula is C25H38O3. The SMILES string of the molecule is CC(C)(O)C#CCC[C@@H]1CC[C@@]2(CCC/C(=C\C=C3C[C@@H](O)C[C@H](O)C3)C2)C1. The summed E-state index contributed by atoms with van der Waals surface area (Å²) < 4.78 is 0. The number of hydrogen-bond acceptors (Lipinski definition) is 3. The lowest BCUT2D eigenvalue weighted by atomic mass is 9.70. The third kappa shape index (κ3) is 6.48. The van der Waals surface area contributed by atoms with Crippen molar-refractivity contribution in [3.8, 4) is 11.8 Å². The zero-order valence-corrected chi connectivity index (χ0v) is 17.7. The van der Waals surface area contributed by atoms with Gasteiger partial charge in [0.25, 0.3) is 0 Å². The Morgan fingerprint density at radius 3 is 2.54 bits per heavy atom. The molecular weight excluding hydrogens is 348 g/mol. The Morgan fingerprint density at radius 2 is 1.82 bits per heavy atom. The molecule has 0 bridgehead atoms. The van der Waals surface area contributed by atoms with Crippen molar-refractivity contribution >= 4 is 0 Å². The number of rotatable bonds is 3. The molecule has 0 heterocycles. The van der Waals surface area contributed by atoms with Crippen LogP contribution in [0.5, 0.6) is 0 Å². The minimum atomic E-state index is -0.876. The maximum absolute atomic E-state index is 9.87. The van der Waals surface area contributed by atoms with E-state index in [2.05, 4.69) is 24.0 Å². The smallest absolute Gasteiger partial charge is 0.119 e. The molecule has 0 unspecified atom stereocenters. The number of hydrogen-bond donors (Lipinski definition) is 3. The molecule has 0 aromatic heterocycles. The fraction of sp³-hybridized carbons (Fsp3) is 0.760. The van der Waals surface area contributed by atoms with Gasteiger partial charge in [0.05, 0.1) is 12.2 Å². The fourth-order valence-electron chi connectivity index (χ4n) is 5.55. The highest BCUT2D eigenvalue weighted by Crippen LogP contribution is 2.53.